The van der Waals surface area contributed by atoms with Crippen LogP contribution in [0.2, 0.25) is 0 Å². The number of hydrogen-bond acceptors (Lipinski definition) is 5. The SMILES string of the molecule is COc1ccc(Br)c(C(=O)N2CCC(N3C(=O)CSC3=O)CC2)c1. The molecule has 128 valence electrons. The summed E-state index contributed by atoms with van der Waals surface area (Å²) >= 11 is 4.46. The van der Waals surface area contributed by atoms with E-state index >= 15 is 0 Å². The second-order valence-electron chi connectivity index (χ2n) is 5.69. The second kappa shape index (κ2) is 7.14. The Morgan fingerprint density at radius 3 is 2.58 bits per heavy atom. The smallest absolute Gasteiger partial charge is 0.289 e. The maximum absolute atomic E-state index is 12.7. The normalized spacial score (nSPS) is 19.1. The predicted octanol–water partition coefficient (Wildman–Crippen LogP) is 2.76. The van der Waals surface area contributed by atoms with Gasteiger partial charge in [0.25, 0.3) is 11.1 Å². The van der Waals surface area contributed by atoms with Gasteiger partial charge < -0.3 is 9.64 Å². The minimum Gasteiger partial charge on any atom is -0.497 e. The summed E-state index contributed by atoms with van der Waals surface area (Å²) in [6, 6.07) is 5.19. The van der Waals surface area contributed by atoms with Crippen molar-refractivity contribution in [2.24, 2.45) is 0 Å². The molecule has 0 spiro atoms. The standard InChI is InChI=1S/C16H17BrN2O4S/c1-23-11-2-3-13(17)12(8-11)15(21)18-6-4-10(5-7-18)19-14(20)9-24-16(19)22/h2-3,8,10H,4-7,9H2,1H3. The zero-order chi connectivity index (χ0) is 17.3. The summed E-state index contributed by atoms with van der Waals surface area (Å²) in [4.78, 5) is 39.5. The second-order valence-corrected chi connectivity index (χ2v) is 7.47. The number of methoxy groups -OCH3 is 1. The topological polar surface area (TPSA) is 66.9 Å². The fourth-order valence-corrected chi connectivity index (χ4v) is 4.20. The first-order chi connectivity index (χ1) is 11.5. The number of ether oxygens (including phenoxy) is 1. The third kappa shape index (κ3) is 3.30. The molecule has 2 fully saturated rings. The van der Waals surface area contributed by atoms with Gasteiger partial charge in [0.15, 0.2) is 0 Å². The van der Waals surface area contributed by atoms with Crippen molar-refractivity contribution >= 4 is 44.7 Å². The van der Waals surface area contributed by atoms with Gasteiger partial charge in [-0.1, -0.05) is 11.8 Å². The van der Waals surface area contributed by atoms with E-state index in [1.807, 2.05) is 0 Å². The molecule has 0 aromatic heterocycles. The highest BCUT2D eigenvalue weighted by molar-refractivity contribution is 9.10. The number of amides is 3. The Morgan fingerprint density at radius 2 is 2.00 bits per heavy atom. The number of imide groups is 1. The van der Waals surface area contributed by atoms with Crippen LogP contribution in [-0.2, 0) is 4.79 Å². The van der Waals surface area contributed by atoms with Gasteiger partial charge in [0, 0.05) is 23.6 Å². The molecule has 1 aromatic rings. The summed E-state index contributed by atoms with van der Waals surface area (Å²) in [6.07, 6.45) is 1.23. The van der Waals surface area contributed by atoms with Crippen LogP contribution < -0.4 is 4.74 Å². The minimum atomic E-state index is -0.166. The number of carbonyl (C=O) groups is 3. The van der Waals surface area contributed by atoms with Crippen molar-refractivity contribution in [2.45, 2.75) is 18.9 Å². The number of nitrogens with zero attached hydrogens (tertiary/aromatic N) is 2. The zero-order valence-electron chi connectivity index (χ0n) is 13.2. The van der Waals surface area contributed by atoms with E-state index in [0.29, 0.717) is 37.2 Å². The van der Waals surface area contributed by atoms with Gasteiger partial charge in [-0.05, 0) is 47.0 Å². The highest BCUT2D eigenvalue weighted by Gasteiger charge is 2.38. The van der Waals surface area contributed by atoms with E-state index in [1.165, 1.54) is 4.90 Å². The van der Waals surface area contributed by atoms with Crippen LogP contribution in [0, 0.1) is 0 Å². The Balaban J connectivity index is 1.67. The van der Waals surface area contributed by atoms with E-state index in [-0.39, 0.29) is 28.8 Å². The molecule has 24 heavy (non-hydrogen) atoms. The Labute approximate surface area is 152 Å². The average molecular weight is 413 g/mol. The molecule has 1 aromatic carbocycles. The molecular formula is C16H17BrN2O4S. The zero-order valence-corrected chi connectivity index (χ0v) is 15.6. The van der Waals surface area contributed by atoms with E-state index in [2.05, 4.69) is 15.9 Å². The first-order valence-corrected chi connectivity index (χ1v) is 9.40. The largest absolute Gasteiger partial charge is 0.497 e. The van der Waals surface area contributed by atoms with Gasteiger partial charge in [-0.2, -0.15) is 0 Å². The highest BCUT2D eigenvalue weighted by atomic mass is 79.9. The molecule has 2 aliphatic rings. The number of likely N-dealkylation sites (tertiary alicyclic amines) is 1. The van der Waals surface area contributed by atoms with Crippen LogP contribution >= 0.6 is 27.7 Å². The van der Waals surface area contributed by atoms with Gasteiger partial charge in [0.2, 0.25) is 5.91 Å². The van der Waals surface area contributed by atoms with Gasteiger partial charge in [0.05, 0.1) is 18.4 Å². The lowest BCUT2D eigenvalue weighted by Gasteiger charge is -2.35. The van der Waals surface area contributed by atoms with E-state index in [1.54, 1.807) is 30.2 Å². The molecule has 2 heterocycles. The molecule has 0 aliphatic carbocycles. The molecule has 0 unspecified atom stereocenters. The third-order valence-corrected chi connectivity index (χ3v) is 5.83. The van der Waals surface area contributed by atoms with E-state index in [9.17, 15) is 14.4 Å². The van der Waals surface area contributed by atoms with Gasteiger partial charge in [-0.25, -0.2) is 0 Å². The molecule has 0 saturated carbocycles. The molecular weight excluding hydrogens is 396 g/mol. The van der Waals surface area contributed by atoms with Crippen LogP contribution in [0.15, 0.2) is 22.7 Å². The molecule has 3 rings (SSSR count). The molecule has 0 atom stereocenters. The van der Waals surface area contributed by atoms with Gasteiger partial charge in [-0.3, -0.25) is 19.3 Å². The monoisotopic (exact) mass is 412 g/mol. The number of thioether (sulfide) groups is 1. The van der Waals surface area contributed by atoms with Crippen molar-refractivity contribution in [1.29, 1.82) is 0 Å². The summed E-state index contributed by atoms with van der Waals surface area (Å²) in [5.41, 5.74) is 0.552. The van der Waals surface area contributed by atoms with Crippen molar-refractivity contribution in [2.75, 3.05) is 26.0 Å². The van der Waals surface area contributed by atoms with Crippen molar-refractivity contribution < 1.29 is 19.1 Å². The van der Waals surface area contributed by atoms with Crippen molar-refractivity contribution in [3.05, 3.63) is 28.2 Å². The summed E-state index contributed by atoms with van der Waals surface area (Å²) in [7, 11) is 1.56. The summed E-state index contributed by atoms with van der Waals surface area (Å²) in [5.74, 6) is 0.661. The lowest BCUT2D eigenvalue weighted by molar-refractivity contribution is -0.126. The van der Waals surface area contributed by atoms with Crippen LogP contribution in [0.25, 0.3) is 0 Å². The van der Waals surface area contributed by atoms with Crippen LogP contribution in [0.4, 0.5) is 4.79 Å². The molecule has 2 aliphatic heterocycles. The summed E-state index contributed by atoms with van der Waals surface area (Å²) < 4.78 is 5.90. The number of hydrogen-bond donors (Lipinski definition) is 0. The van der Waals surface area contributed by atoms with Crippen LogP contribution in [-0.4, -0.2) is 58.8 Å². The van der Waals surface area contributed by atoms with Gasteiger partial charge in [0.1, 0.15) is 5.75 Å². The summed E-state index contributed by atoms with van der Waals surface area (Å²) in [6.45, 7) is 1.05. The predicted molar refractivity (Wildman–Crippen MR) is 94.3 cm³/mol. The minimum absolute atomic E-state index is 0.0762. The number of rotatable bonds is 3. The highest BCUT2D eigenvalue weighted by Crippen LogP contribution is 2.29. The lowest BCUT2D eigenvalue weighted by atomic mass is 10.0. The average Bonchev–Trinajstić information content (AvgIpc) is 2.93. The number of carbonyl (C=O) groups excluding carboxylic acids is 3. The van der Waals surface area contributed by atoms with Gasteiger partial charge >= 0.3 is 0 Å². The first-order valence-electron chi connectivity index (χ1n) is 7.63. The maximum atomic E-state index is 12.7. The Kier molecular flexibility index (Phi) is 5.15. The molecule has 8 heteroatoms. The summed E-state index contributed by atoms with van der Waals surface area (Å²) in [5, 5.41) is -0.166. The van der Waals surface area contributed by atoms with Crippen LogP contribution in [0.1, 0.15) is 23.2 Å². The molecule has 0 radical (unpaired) electrons. The van der Waals surface area contributed by atoms with Crippen molar-refractivity contribution in [1.82, 2.24) is 9.80 Å². The van der Waals surface area contributed by atoms with Crippen molar-refractivity contribution in [3.63, 3.8) is 0 Å². The molecule has 0 bridgehead atoms. The number of halogens is 1. The van der Waals surface area contributed by atoms with E-state index < -0.39 is 0 Å². The molecule has 2 saturated heterocycles. The fraction of sp³-hybridized carbons (Fsp3) is 0.438. The Morgan fingerprint density at radius 1 is 1.29 bits per heavy atom. The van der Waals surface area contributed by atoms with Crippen molar-refractivity contribution in [3.8, 4) is 5.75 Å². The Bertz CT molecular complexity index is 673. The van der Waals surface area contributed by atoms with Crippen LogP contribution in [0.3, 0.4) is 0 Å². The Hall–Kier alpha value is -1.54. The van der Waals surface area contributed by atoms with E-state index in [0.717, 1.165) is 16.2 Å². The lowest BCUT2D eigenvalue weighted by Crippen LogP contribution is -2.48. The maximum Gasteiger partial charge on any atom is 0.289 e. The third-order valence-electron chi connectivity index (χ3n) is 4.31. The fourth-order valence-electron chi connectivity index (χ4n) is 3.01. The van der Waals surface area contributed by atoms with Crippen LogP contribution in [0.5, 0.6) is 5.75 Å². The van der Waals surface area contributed by atoms with Gasteiger partial charge in [-0.15, -0.1) is 0 Å². The first kappa shape index (κ1) is 17.3. The molecule has 0 N–H and O–H groups in total. The van der Waals surface area contributed by atoms with E-state index in [4.69, 9.17) is 4.74 Å². The number of piperidine rings is 1. The number of benzene rings is 1. The molecule has 6 nitrogen and oxygen atoms in total. The quantitative estimate of drug-likeness (QED) is 0.763. The molecule has 3 amide bonds.